The number of esters is 1. The largest absolute Gasteiger partial charge is 0.460 e. The molecule has 0 N–H and O–H groups in total. The molecule has 0 amide bonds. The minimum absolute atomic E-state index is 0.203. The first-order valence-electron chi connectivity index (χ1n) is 5.60. The number of carbonyl (C=O) groups is 1. The van der Waals surface area contributed by atoms with Crippen molar-refractivity contribution in [3.8, 4) is 0 Å². The summed E-state index contributed by atoms with van der Waals surface area (Å²) in [5.74, 6) is -0.203. The van der Waals surface area contributed by atoms with Gasteiger partial charge in [0.25, 0.3) is 0 Å². The Morgan fingerprint density at radius 3 is 2.83 bits per heavy atom. The molecule has 2 rings (SSSR count). The fourth-order valence-electron chi connectivity index (χ4n) is 1.60. The standard InChI is InChI=1S/C13H14BrNO2S/c1-13(2,3)17-11(16)7-8-4-5-9-10(6-8)18-12(14)15-9/h4-6H,7H2,1-3H3. The third-order valence-corrected chi connectivity index (χ3v) is 3.66. The first-order valence-corrected chi connectivity index (χ1v) is 7.21. The van der Waals surface area contributed by atoms with Crippen LogP contribution in [0.15, 0.2) is 22.1 Å². The van der Waals surface area contributed by atoms with Crippen LogP contribution in [0.3, 0.4) is 0 Å². The molecule has 0 bridgehead atoms. The maximum Gasteiger partial charge on any atom is 0.310 e. The van der Waals surface area contributed by atoms with E-state index in [1.165, 1.54) is 0 Å². The van der Waals surface area contributed by atoms with Gasteiger partial charge in [0.15, 0.2) is 3.92 Å². The molecular weight excluding hydrogens is 314 g/mol. The van der Waals surface area contributed by atoms with Crippen LogP contribution in [-0.4, -0.2) is 16.6 Å². The van der Waals surface area contributed by atoms with Crippen LogP contribution >= 0.6 is 27.3 Å². The van der Waals surface area contributed by atoms with Crippen molar-refractivity contribution in [3.05, 3.63) is 27.7 Å². The van der Waals surface area contributed by atoms with Gasteiger partial charge in [-0.15, -0.1) is 11.3 Å². The first-order chi connectivity index (χ1) is 8.33. The highest BCUT2D eigenvalue weighted by Crippen LogP contribution is 2.27. The Bertz CT molecular complexity index is 586. The predicted octanol–water partition coefficient (Wildman–Crippen LogP) is 3.94. The number of nitrogens with zero attached hydrogens (tertiary/aromatic N) is 1. The second-order valence-electron chi connectivity index (χ2n) is 5.03. The minimum Gasteiger partial charge on any atom is -0.460 e. The summed E-state index contributed by atoms with van der Waals surface area (Å²) in [5.41, 5.74) is 1.46. The van der Waals surface area contributed by atoms with E-state index in [0.29, 0.717) is 6.42 Å². The molecule has 18 heavy (non-hydrogen) atoms. The van der Waals surface area contributed by atoms with E-state index in [9.17, 15) is 4.79 Å². The summed E-state index contributed by atoms with van der Waals surface area (Å²) in [6.45, 7) is 5.61. The summed E-state index contributed by atoms with van der Waals surface area (Å²) in [6.07, 6.45) is 0.294. The monoisotopic (exact) mass is 327 g/mol. The quantitative estimate of drug-likeness (QED) is 0.784. The van der Waals surface area contributed by atoms with Crippen molar-refractivity contribution in [2.75, 3.05) is 0 Å². The maximum absolute atomic E-state index is 11.7. The molecule has 1 aromatic heterocycles. The van der Waals surface area contributed by atoms with Crippen molar-refractivity contribution in [2.24, 2.45) is 0 Å². The number of halogens is 1. The van der Waals surface area contributed by atoms with E-state index < -0.39 is 5.60 Å². The Kier molecular flexibility index (Phi) is 3.73. The van der Waals surface area contributed by atoms with Crippen LogP contribution < -0.4 is 0 Å². The molecule has 0 unspecified atom stereocenters. The molecule has 0 aliphatic carbocycles. The summed E-state index contributed by atoms with van der Waals surface area (Å²) >= 11 is 4.92. The van der Waals surface area contributed by atoms with Gasteiger partial charge in [0.2, 0.25) is 0 Å². The molecule has 2 aromatic rings. The molecule has 0 aliphatic heterocycles. The van der Waals surface area contributed by atoms with E-state index >= 15 is 0 Å². The van der Waals surface area contributed by atoms with Crippen molar-refractivity contribution >= 4 is 43.5 Å². The zero-order chi connectivity index (χ0) is 13.3. The van der Waals surface area contributed by atoms with Gasteiger partial charge in [0, 0.05) is 0 Å². The van der Waals surface area contributed by atoms with E-state index in [1.54, 1.807) is 11.3 Å². The lowest BCUT2D eigenvalue weighted by atomic mass is 10.1. The fraction of sp³-hybridized carbons (Fsp3) is 0.385. The normalized spacial score (nSPS) is 11.8. The molecule has 1 aromatic carbocycles. The zero-order valence-corrected chi connectivity index (χ0v) is 12.9. The van der Waals surface area contributed by atoms with E-state index in [1.807, 2.05) is 39.0 Å². The number of hydrogen-bond acceptors (Lipinski definition) is 4. The van der Waals surface area contributed by atoms with Gasteiger partial charge < -0.3 is 4.74 Å². The highest BCUT2D eigenvalue weighted by molar-refractivity contribution is 9.11. The van der Waals surface area contributed by atoms with Crippen molar-refractivity contribution in [3.63, 3.8) is 0 Å². The summed E-state index contributed by atoms with van der Waals surface area (Å²) < 4.78 is 7.22. The number of hydrogen-bond donors (Lipinski definition) is 0. The fourth-order valence-corrected chi connectivity index (χ4v) is 3.06. The molecule has 0 fully saturated rings. The lowest BCUT2D eigenvalue weighted by Crippen LogP contribution is -2.24. The average Bonchev–Trinajstić information content (AvgIpc) is 2.53. The van der Waals surface area contributed by atoms with Crippen LogP contribution in [0.4, 0.5) is 0 Å². The topological polar surface area (TPSA) is 39.2 Å². The van der Waals surface area contributed by atoms with Gasteiger partial charge in [-0.1, -0.05) is 6.07 Å². The van der Waals surface area contributed by atoms with Gasteiger partial charge in [-0.05, 0) is 54.4 Å². The zero-order valence-electron chi connectivity index (χ0n) is 10.5. The van der Waals surface area contributed by atoms with Gasteiger partial charge in [-0.25, -0.2) is 4.98 Å². The van der Waals surface area contributed by atoms with Gasteiger partial charge >= 0.3 is 5.97 Å². The molecule has 0 saturated carbocycles. The molecule has 0 radical (unpaired) electrons. The third kappa shape index (κ3) is 3.53. The number of aromatic nitrogens is 1. The second kappa shape index (κ2) is 4.97. The number of fused-ring (bicyclic) bond motifs is 1. The average molecular weight is 328 g/mol. The Morgan fingerprint density at radius 1 is 1.44 bits per heavy atom. The molecule has 1 heterocycles. The lowest BCUT2D eigenvalue weighted by Gasteiger charge is -2.19. The molecule has 0 aliphatic rings. The molecule has 0 atom stereocenters. The number of thiazole rings is 1. The second-order valence-corrected chi connectivity index (χ2v) is 7.34. The summed E-state index contributed by atoms with van der Waals surface area (Å²) in [6, 6.07) is 5.83. The summed E-state index contributed by atoms with van der Waals surface area (Å²) in [7, 11) is 0. The number of ether oxygens (including phenoxy) is 1. The minimum atomic E-state index is -0.436. The molecule has 5 heteroatoms. The smallest absolute Gasteiger partial charge is 0.310 e. The van der Waals surface area contributed by atoms with Crippen LogP contribution in [0.1, 0.15) is 26.3 Å². The van der Waals surface area contributed by atoms with Crippen LogP contribution in [0.5, 0.6) is 0 Å². The Hall–Kier alpha value is -0.940. The van der Waals surface area contributed by atoms with Crippen molar-refractivity contribution in [1.82, 2.24) is 4.98 Å². The molecule has 3 nitrogen and oxygen atoms in total. The lowest BCUT2D eigenvalue weighted by molar-refractivity contribution is -0.153. The van der Waals surface area contributed by atoms with Crippen molar-refractivity contribution < 1.29 is 9.53 Å². The Labute approximate surface area is 118 Å². The molecule has 0 spiro atoms. The van der Waals surface area contributed by atoms with Gasteiger partial charge in [-0.2, -0.15) is 0 Å². The third-order valence-electron chi connectivity index (χ3n) is 2.20. The number of benzene rings is 1. The summed E-state index contributed by atoms with van der Waals surface area (Å²) in [5, 5.41) is 0. The number of rotatable bonds is 2. The maximum atomic E-state index is 11.7. The predicted molar refractivity (Wildman–Crippen MR) is 76.9 cm³/mol. The SMILES string of the molecule is CC(C)(C)OC(=O)Cc1ccc2nc(Br)sc2c1. The van der Waals surface area contributed by atoms with Crippen LogP contribution in [0.2, 0.25) is 0 Å². The van der Waals surface area contributed by atoms with E-state index in [4.69, 9.17) is 4.74 Å². The van der Waals surface area contributed by atoms with Crippen molar-refractivity contribution in [2.45, 2.75) is 32.8 Å². The molecule has 96 valence electrons. The first kappa shape index (κ1) is 13.5. The number of carbonyl (C=O) groups excluding carboxylic acids is 1. The van der Waals surface area contributed by atoms with Gasteiger partial charge in [0.1, 0.15) is 5.60 Å². The van der Waals surface area contributed by atoms with Crippen LogP contribution in [0, 0.1) is 0 Å². The Balaban J connectivity index is 2.14. The molecular formula is C13H14BrNO2S. The van der Waals surface area contributed by atoms with Gasteiger partial charge in [0.05, 0.1) is 16.6 Å². The Morgan fingerprint density at radius 2 is 2.17 bits per heavy atom. The van der Waals surface area contributed by atoms with E-state index in [2.05, 4.69) is 20.9 Å². The molecule has 0 saturated heterocycles. The summed E-state index contributed by atoms with van der Waals surface area (Å²) in [4.78, 5) is 16.0. The van der Waals surface area contributed by atoms with E-state index in [-0.39, 0.29) is 5.97 Å². The highest BCUT2D eigenvalue weighted by Gasteiger charge is 2.16. The van der Waals surface area contributed by atoms with Crippen LogP contribution in [-0.2, 0) is 16.0 Å². The van der Waals surface area contributed by atoms with Crippen LogP contribution in [0.25, 0.3) is 10.2 Å². The highest BCUT2D eigenvalue weighted by atomic mass is 79.9. The van der Waals surface area contributed by atoms with Crippen molar-refractivity contribution in [1.29, 1.82) is 0 Å². The van der Waals surface area contributed by atoms with E-state index in [0.717, 1.165) is 19.7 Å². The van der Waals surface area contributed by atoms with Gasteiger partial charge in [-0.3, -0.25) is 4.79 Å².